The second-order valence-corrected chi connectivity index (χ2v) is 5.25. The Morgan fingerprint density at radius 2 is 1.04 bits per heavy atom. The number of hydrogen-bond donors (Lipinski definition) is 0. The summed E-state index contributed by atoms with van der Waals surface area (Å²) in [6.45, 7) is 12.5. The van der Waals surface area contributed by atoms with Crippen LogP contribution in [0.3, 0.4) is 0 Å². The van der Waals surface area contributed by atoms with Crippen molar-refractivity contribution in [3.8, 4) is 0 Å². The Balaban J connectivity index is -0.000000130. The van der Waals surface area contributed by atoms with Crippen LogP contribution in [0.15, 0.2) is 0 Å². The molecule has 1 aliphatic heterocycles. The fraction of sp³-hybridized carbons (Fsp3) is 0.833. The molecule has 24 heavy (non-hydrogen) atoms. The van der Waals surface area contributed by atoms with Crippen molar-refractivity contribution in [2.45, 2.75) is 92.9 Å². The average Bonchev–Trinajstić information content (AvgIpc) is 2.87. The third-order valence-corrected chi connectivity index (χ3v) is 2.94. The van der Waals surface area contributed by atoms with Gasteiger partial charge in [-0.05, 0) is 0 Å². The molecule has 1 aliphatic rings. The molecule has 0 aliphatic carbocycles. The summed E-state index contributed by atoms with van der Waals surface area (Å²) in [7, 11) is 0. The number of carbonyl (C=O) groups is 3. The first-order chi connectivity index (χ1) is 10.9. The van der Waals surface area contributed by atoms with E-state index in [1.165, 1.54) is 38.5 Å². The summed E-state index contributed by atoms with van der Waals surface area (Å²) in [5, 5.41) is 9.99. The number of carboxylic acids is 1. The summed E-state index contributed by atoms with van der Waals surface area (Å²) in [5.74, 6) is -2.27. The van der Waals surface area contributed by atoms with E-state index in [-0.39, 0.29) is 36.7 Å². The van der Waals surface area contributed by atoms with Crippen LogP contribution in [-0.2, 0) is 14.4 Å². The van der Waals surface area contributed by atoms with Crippen molar-refractivity contribution in [2.24, 2.45) is 0 Å². The van der Waals surface area contributed by atoms with Gasteiger partial charge in [-0.2, -0.15) is 0 Å². The first-order valence-electron chi connectivity index (χ1n) is 8.88. The Bertz CT molecular complexity index is 278. The molecule has 2 amide bonds. The zero-order valence-corrected chi connectivity index (χ0v) is 19.3. The number of amides is 2. The summed E-state index contributed by atoms with van der Waals surface area (Å²) in [6, 6.07) is 0. The molecule has 0 aromatic rings. The van der Waals surface area contributed by atoms with Gasteiger partial charge in [0.2, 0.25) is 11.8 Å². The fourth-order valence-corrected chi connectivity index (χ4v) is 0.928. The SMILES string of the molecule is CCCC.CCCC.CCCC.O=C([O-])CN1C(=O)CCC1=O.[Sn]. The molecule has 5 nitrogen and oxygen atoms in total. The second kappa shape index (κ2) is 24.7. The van der Waals surface area contributed by atoms with Crippen LogP contribution in [0.4, 0.5) is 0 Å². The van der Waals surface area contributed by atoms with Crippen LogP contribution in [0.5, 0.6) is 0 Å². The van der Waals surface area contributed by atoms with E-state index in [0.29, 0.717) is 4.90 Å². The van der Waals surface area contributed by atoms with E-state index in [1.54, 1.807) is 0 Å². The zero-order chi connectivity index (χ0) is 18.7. The molecule has 0 saturated carbocycles. The molecule has 0 N–H and O–H groups in total. The first kappa shape index (κ1) is 31.2. The smallest absolute Gasteiger partial charge is 0.230 e. The molecule has 0 atom stereocenters. The number of nitrogens with zero attached hydrogens (tertiary/aromatic N) is 1. The molecule has 0 aromatic heterocycles. The molecule has 0 aromatic carbocycles. The van der Waals surface area contributed by atoms with Gasteiger partial charge in [-0.15, -0.1) is 0 Å². The average molecular weight is 449 g/mol. The Labute approximate surface area is 165 Å². The summed E-state index contributed by atoms with van der Waals surface area (Å²) < 4.78 is 0. The van der Waals surface area contributed by atoms with Crippen molar-refractivity contribution in [1.29, 1.82) is 0 Å². The molecule has 142 valence electrons. The van der Waals surface area contributed by atoms with Gasteiger partial charge in [0.05, 0.1) is 12.5 Å². The van der Waals surface area contributed by atoms with Gasteiger partial charge in [-0.3, -0.25) is 14.5 Å². The standard InChI is InChI=1S/C6H7NO4.3C4H10.Sn/c8-4-1-2-5(9)7(4)3-6(10)11;3*1-3-4-2;/h1-3H2,(H,10,11);3*3-4H2,1-2H3;/p-1. The largest absolute Gasteiger partial charge is 0.548 e. The van der Waals surface area contributed by atoms with Crippen LogP contribution in [0.1, 0.15) is 92.9 Å². The van der Waals surface area contributed by atoms with Crippen LogP contribution in [0, 0.1) is 0 Å². The predicted molar refractivity (Wildman–Crippen MR) is 98.5 cm³/mol. The van der Waals surface area contributed by atoms with Gasteiger partial charge in [-0.25, -0.2) is 0 Å². The van der Waals surface area contributed by atoms with Gasteiger partial charge in [0.1, 0.15) is 0 Å². The van der Waals surface area contributed by atoms with Crippen LogP contribution >= 0.6 is 0 Å². The Morgan fingerprint density at radius 1 is 0.792 bits per heavy atom. The Kier molecular flexibility index (Phi) is 32.1. The van der Waals surface area contributed by atoms with E-state index in [2.05, 4.69) is 41.5 Å². The molecule has 6 heteroatoms. The van der Waals surface area contributed by atoms with Crippen molar-refractivity contribution >= 4 is 41.7 Å². The first-order valence-corrected chi connectivity index (χ1v) is 8.88. The fourth-order valence-electron chi connectivity index (χ4n) is 0.928. The van der Waals surface area contributed by atoms with Crippen LogP contribution in [0.2, 0.25) is 0 Å². The van der Waals surface area contributed by atoms with Gasteiger partial charge >= 0.3 is 0 Å². The Morgan fingerprint density at radius 3 is 1.21 bits per heavy atom. The van der Waals surface area contributed by atoms with Crippen molar-refractivity contribution in [1.82, 2.24) is 4.90 Å². The van der Waals surface area contributed by atoms with Gasteiger partial charge in [0.15, 0.2) is 0 Å². The molecule has 0 spiro atoms. The molecule has 1 heterocycles. The number of hydrogen-bond acceptors (Lipinski definition) is 4. The maximum absolute atomic E-state index is 10.7. The number of likely N-dealkylation sites (tertiary alicyclic amines) is 1. The predicted octanol–water partition coefficient (Wildman–Crippen LogP) is 2.92. The summed E-state index contributed by atoms with van der Waals surface area (Å²) >= 11 is 0. The summed E-state index contributed by atoms with van der Waals surface area (Å²) in [6.07, 6.45) is 8.15. The van der Waals surface area contributed by atoms with E-state index in [1.807, 2.05) is 0 Å². The van der Waals surface area contributed by atoms with Crippen LogP contribution < -0.4 is 5.11 Å². The van der Waals surface area contributed by atoms with Crippen molar-refractivity contribution < 1.29 is 19.5 Å². The second-order valence-electron chi connectivity index (χ2n) is 5.25. The molecular formula is C18H36NO4Sn-. The van der Waals surface area contributed by atoms with E-state index < -0.39 is 24.3 Å². The Hall–Kier alpha value is -0.591. The van der Waals surface area contributed by atoms with Gasteiger partial charge in [0, 0.05) is 36.7 Å². The zero-order valence-electron chi connectivity index (χ0n) is 16.4. The quantitative estimate of drug-likeness (QED) is 0.478. The molecular weight excluding hydrogens is 413 g/mol. The topological polar surface area (TPSA) is 77.5 Å². The minimum absolute atomic E-state index is 0. The monoisotopic (exact) mass is 450 g/mol. The molecule has 1 fully saturated rings. The minimum Gasteiger partial charge on any atom is -0.548 e. The number of unbranched alkanes of at least 4 members (excludes halogenated alkanes) is 3. The van der Waals surface area contributed by atoms with Gasteiger partial charge in [-0.1, -0.05) is 80.1 Å². The third-order valence-electron chi connectivity index (χ3n) is 2.94. The minimum atomic E-state index is -1.41. The number of carbonyl (C=O) groups excluding carboxylic acids is 3. The summed E-state index contributed by atoms with van der Waals surface area (Å²) in [4.78, 5) is 32.2. The number of imide groups is 1. The van der Waals surface area contributed by atoms with E-state index in [0.717, 1.165) is 0 Å². The molecule has 1 rings (SSSR count). The normalized spacial score (nSPS) is 11.8. The van der Waals surface area contributed by atoms with Gasteiger partial charge < -0.3 is 9.90 Å². The van der Waals surface area contributed by atoms with E-state index in [4.69, 9.17) is 0 Å². The molecule has 0 bridgehead atoms. The number of carboxylic acid groups (broad SMARTS) is 1. The molecule has 1 saturated heterocycles. The van der Waals surface area contributed by atoms with Crippen molar-refractivity contribution in [3.05, 3.63) is 0 Å². The van der Waals surface area contributed by atoms with Crippen LogP contribution in [0.25, 0.3) is 0 Å². The maximum Gasteiger partial charge on any atom is 0.230 e. The number of rotatable bonds is 5. The van der Waals surface area contributed by atoms with E-state index >= 15 is 0 Å². The van der Waals surface area contributed by atoms with E-state index in [9.17, 15) is 19.5 Å². The number of aliphatic carboxylic acids is 1. The van der Waals surface area contributed by atoms with Gasteiger partial charge in [0.25, 0.3) is 0 Å². The summed E-state index contributed by atoms with van der Waals surface area (Å²) in [5.41, 5.74) is 0. The van der Waals surface area contributed by atoms with Crippen molar-refractivity contribution in [2.75, 3.05) is 6.54 Å². The van der Waals surface area contributed by atoms with Crippen LogP contribution in [-0.4, -0.2) is 53.1 Å². The third kappa shape index (κ3) is 23.7. The molecule has 0 unspecified atom stereocenters. The van der Waals surface area contributed by atoms with Crippen molar-refractivity contribution in [3.63, 3.8) is 0 Å². The molecule has 4 radical (unpaired) electrons. The maximum atomic E-state index is 10.7.